The Bertz CT molecular complexity index is 393. The van der Waals surface area contributed by atoms with E-state index in [-0.39, 0.29) is 11.8 Å². The van der Waals surface area contributed by atoms with Crippen molar-refractivity contribution in [3.05, 3.63) is 28.6 Å². The summed E-state index contributed by atoms with van der Waals surface area (Å²) in [5, 5.41) is 13.8. The Balaban J connectivity index is 2.02. The minimum atomic E-state index is -0.480. The zero-order chi connectivity index (χ0) is 11.5. The molecule has 0 bridgehead atoms. The Hall–Kier alpha value is -1.69. The number of rotatable bonds is 4. The van der Waals surface area contributed by atoms with Crippen molar-refractivity contribution in [2.45, 2.75) is 25.5 Å². The molecule has 6 heteroatoms. The van der Waals surface area contributed by atoms with Crippen LogP contribution in [0.3, 0.4) is 0 Å². The van der Waals surface area contributed by atoms with E-state index in [1.807, 2.05) is 6.92 Å². The highest BCUT2D eigenvalue weighted by Crippen LogP contribution is 2.20. The van der Waals surface area contributed by atoms with Gasteiger partial charge in [-0.1, -0.05) is 0 Å². The molecule has 2 atom stereocenters. The van der Waals surface area contributed by atoms with Crippen molar-refractivity contribution in [1.82, 2.24) is 10.3 Å². The molecule has 1 unspecified atom stereocenters. The summed E-state index contributed by atoms with van der Waals surface area (Å²) in [7, 11) is 0. The van der Waals surface area contributed by atoms with Crippen LogP contribution in [0.25, 0.3) is 0 Å². The molecule has 86 valence electrons. The Labute approximate surface area is 92.8 Å². The normalized spacial score (nSPS) is 20.9. The Kier molecular flexibility index (Phi) is 3.00. The molecule has 0 aliphatic carbocycles. The fourth-order valence-electron chi connectivity index (χ4n) is 1.58. The first kappa shape index (κ1) is 10.8. The van der Waals surface area contributed by atoms with Crippen molar-refractivity contribution in [2.75, 3.05) is 6.54 Å². The second-order valence-electron chi connectivity index (χ2n) is 3.81. The first-order valence-electron chi connectivity index (χ1n) is 5.16. The second kappa shape index (κ2) is 4.44. The van der Waals surface area contributed by atoms with E-state index >= 15 is 0 Å². The predicted molar refractivity (Wildman–Crippen MR) is 57.4 cm³/mol. The lowest BCUT2D eigenvalue weighted by Crippen LogP contribution is -2.51. The van der Waals surface area contributed by atoms with E-state index in [0.29, 0.717) is 11.8 Å². The van der Waals surface area contributed by atoms with Gasteiger partial charge in [0.05, 0.1) is 17.2 Å². The molecule has 1 aliphatic heterocycles. The summed E-state index contributed by atoms with van der Waals surface area (Å²) in [5.41, 5.74) is -0.0498. The lowest BCUT2D eigenvalue weighted by molar-refractivity contribution is -0.385. The smallest absolute Gasteiger partial charge is 0.291 e. The molecule has 1 aromatic rings. The summed E-state index contributed by atoms with van der Waals surface area (Å²) in [5.74, 6) is 0.440. The van der Waals surface area contributed by atoms with E-state index in [9.17, 15) is 10.1 Å². The lowest BCUT2D eigenvalue weighted by atomic mass is 10.0. The third kappa shape index (κ3) is 2.27. The molecule has 1 fully saturated rings. The van der Waals surface area contributed by atoms with E-state index in [4.69, 9.17) is 4.74 Å². The lowest BCUT2D eigenvalue weighted by Gasteiger charge is -2.32. The molecule has 0 radical (unpaired) electrons. The van der Waals surface area contributed by atoms with Crippen LogP contribution < -0.4 is 10.1 Å². The van der Waals surface area contributed by atoms with E-state index in [1.54, 1.807) is 0 Å². The largest absolute Gasteiger partial charge is 0.487 e. The van der Waals surface area contributed by atoms with Gasteiger partial charge >= 0.3 is 0 Å². The van der Waals surface area contributed by atoms with Gasteiger partial charge in [0.15, 0.2) is 0 Å². The summed E-state index contributed by atoms with van der Waals surface area (Å²) < 4.78 is 5.58. The molecule has 0 amide bonds. The summed E-state index contributed by atoms with van der Waals surface area (Å²) in [4.78, 5) is 13.8. The molecular formula is C10H13N3O3. The van der Waals surface area contributed by atoms with Crippen LogP contribution in [0.2, 0.25) is 0 Å². The molecule has 0 spiro atoms. The Morgan fingerprint density at radius 2 is 2.44 bits per heavy atom. The highest BCUT2D eigenvalue weighted by molar-refractivity contribution is 5.33. The van der Waals surface area contributed by atoms with Gasteiger partial charge in [-0.3, -0.25) is 15.1 Å². The predicted octanol–water partition coefficient (Wildman–Crippen LogP) is 1.12. The summed E-state index contributed by atoms with van der Waals surface area (Å²) in [6, 6.07) is 1.72. The van der Waals surface area contributed by atoms with Crippen LogP contribution in [0.4, 0.5) is 5.69 Å². The van der Waals surface area contributed by atoms with Crippen molar-refractivity contribution in [3.63, 3.8) is 0 Å². The van der Waals surface area contributed by atoms with Crippen molar-refractivity contribution in [2.24, 2.45) is 0 Å². The van der Waals surface area contributed by atoms with Crippen molar-refractivity contribution in [1.29, 1.82) is 0 Å². The minimum absolute atomic E-state index is 0.00226. The molecule has 0 saturated carbocycles. The summed E-state index contributed by atoms with van der Waals surface area (Å²) >= 11 is 0. The van der Waals surface area contributed by atoms with Gasteiger partial charge in [-0.25, -0.2) is 0 Å². The van der Waals surface area contributed by atoms with Crippen molar-refractivity contribution < 1.29 is 9.66 Å². The van der Waals surface area contributed by atoms with Gasteiger partial charge < -0.3 is 10.1 Å². The topological polar surface area (TPSA) is 77.3 Å². The van der Waals surface area contributed by atoms with E-state index in [0.717, 1.165) is 13.0 Å². The molecular weight excluding hydrogens is 210 g/mol. The van der Waals surface area contributed by atoms with Gasteiger partial charge in [0, 0.05) is 6.04 Å². The zero-order valence-corrected chi connectivity index (χ0v) is 8.92. The highest BCUT2D eigenvalue weighted by Gasteiger charge is 2.24. The summed E-state index contributed by atoms with van der Waals surface area (Å²) in [6.45, 7) is 2.95. The number of hydrogen-bond acceptors (Lipinski definition) is 5. The maximum Gasteiger partial charge on any atom is 0.291 e. The van der Waals surface area contributed by atoms with E-state index in [1.165, 1.54) is 18.5 Å². The third-order valence-corrected chi connectivity index (χ3v) is 2.66. The SMILES string of the molecule is CC(Oc1cncc([N+](=O)[O-])c1)[C@@H]1CCN1. The molecule has 1 N–H and O–H groups in total. The number of hydrogen-bond donors (Lipinski definition) is 1. The number of nitro groups is 1. The van der Waals surface area contributed by atoms with Crippen LogP contribution in [-0.2, 0) is 0 Å². The molecule has 1 saturated heterocycles. The van der Waals surface area contributed by atoms with Crippen LogP contribution in [0.5, 0.6) is 5.75 Å². The number of nitrogens with one attached hydrogen (secondary N) is 1. The van der Waals surface area contributed by atoms with Gasteiger partial charge in [0.25, 0.3) is 5.69 Å². The van der Waals surface area contributed by atoms with Crippen LogP contribution >= 0.6 is 0 Å². The Morgan fingerprint density at radius 1 is 1.69 bits per heavy atom. The van der Waals surface area contributed by atoms with Gasteiger partial charge in [-0.2, -0.15) is 0 Å². The molecule has 16 heavy (non-hydrogen) atoms. The van der Waals surface area contributed by atoms with Crippen LogP contribution in [0, 0.1) is 10.1 Å². The average molecular weight is 223 g/mol. The molecule has 1 aromatic heterocycles. The number of aromatic nitrogens is 1. The van der Waals surface area contributed by atoms with E-state index < -0.39 is 4.92 Å². The third-order valence-electron chi connectivity index (χ3n) is 2.66. The van der Waals surface area contributed by atoms with Gasteiger partial charge in [-0.15, -0.1) is 0 Å². The first-order valence-corrected chi connectivity index (χ1v) is 5.16. The zero-order valence-electron chi connectivity index (χ0n) is 8.92. The quantitative estimate of drug-likeness (QED) is 0.611. The minimum Gasteiger partial charge on any atom is -0.487 e. The number of ether oxygens (including phenoxy) is 1. The molecule has 2 heterocycles. The van der Waals surface area contributed by atoms with Gasteiger partial charge in [0.1, 0.15) is 18.1 Å². The second-order valence-corrected chi connectivity index (χ2v) is 3.81. The van der Waals surface area contributed by atoms with Crippen LogP contribution in [0.1, 0.15) is 13.3 Å². The average Bonchev–Trinajstić information content (AvgIpc) is 2.15. The molecule has 1 aliphatic rings. The number of pyridine rings is 1. The Morgan fingerprint density at radius 3 is 3.00 bits per heavy atom. The van der Waals surface area contributed by atoms with Gasteiger partial charge in [0.2, 0.25) is 0 Å². The van der Waals surface area contributed by atoms with Crippen LogP contribution in [0.15, 0.2) is 18.5 Å². The molecule has 0 aromatic carbocycles. The standard InChI is InChI=1S/C10H13N3O3/c1-7(10-2-3-12-10)16-9-4-8(13(14)15)5-11-6-9/h4-7,10,12H,2-3H2,1H3/t7?,10-/m0/s1. The highest BCUT2D eigenvalue weighted by atomic mass is 16.6. The fraction of sp³-hybridized carbons (Fsp3) is 0.500. The van der Waals surface area contributed by atoms with Gasteiger partial charge in [-0.05, 0) is 19.9 Å². The molecule has 6 nitrogen and oxygen atoms in total. The maximum atomic E-state index is 10.5. The van der Waals surface area contributed by atoms with E-state index in [2.05, 4.69) is 10.3 Å². The maximum absolute atomic E-state index is 10.5. The first-order chi connectivity index (χ1) is 7.66. The van der Waals surface area contributed by atoms with Crippen molar-refractivity contribution >= 4 is 5.69 Å². The number of nitrogens with zero attached hydrogens (tertiary/aromatic N) is 2. The monoisotopic (exact) mass is 223 g/mol. The van der Waals surface area contributed by atoms with Crippen LogP contribution in [-0.4, -0.2) is 28.6 Å². The fourth-order valence-corrected chi connectivity index (χ4v) is 1.58. The molecule has 2 rings (SSSR count). The summed E-state index contributed by atoms with van der Waals surface area (Å²) in [6.07, 6.45) is 3.77. The van der Waals surface area contributed by atoms with Crippen molar-refractivity contribution in [3.8, 4) is 5.75 Å².